The van der Waals surface area contributed by atoms with Crippen molar-refractivity contribution in [2.45, 2.75) is 6.92 Å². The van der Waals surface area contributed by atoms with Gasteiger partial charge in [0.2, 0.25) is 5.39 Å². The fourth-order valence-corrected chi connectivity index (χ4v) is 1.16. The van der Waals surface area contributed by atoms with Gasteiger partial charge >= 0.3 is 5.69 Å². The van der Waals surface area contributed by atoms with Gasteiger partial charge in [0.05, 0.1) is 21.7 Å². The average Bonchev–Trinajstić information content (AvgIpc) is 2.17. The van der Waals surface area contributed by atoms with Gasteiger partial charge in [0.25, 0.3) is 11.4 Å². The van der Waals surface area contributed by atoms with Gasteiger partial charge in [-0.05, 0) is 6.92 Å². The van der Waals surface area contributed by atoms with Crippen molar-refractivity contribution < 1.29 is 15.0 Å². The number of benzene rings is 1. The molecule has 1 rings (SSSR count). The van der Waals surface area contributed by atoms with E-state index in [1.54, 1.807) is 0 Å². The maximum Gasteiger partial charge on any atom is 0.394 e. The van der Waals surface area contributed by atoms with Crippen LogP contribution in [-0.4, -0.2) is 9.85 Å². The van der Waals surface area contributed by atoms with Crippen LogP contribution in [0.2, 0.25) is 0 Å². The quantitative estimate of drug-likeness (QED) is 0.422. The summed E-state index contributed by atoms with van der Waals surface area (Å²) in [5, 5.41) is 40.8. The minimum absolute atomic E-state index is 0.219. The van der Waals surface area contributed by atoms with Crippen LogP contribution in [0, 0.1) is 32.5 Å². The first-order valence-electron chi connectivity index (χ1n) is 3.88. The lowest BCUT2D eigenvalue weighted by atomic mass is 10.1. The molecule has 0 radical (unpaired) electrons. The average molecular weight is 224 g/mol. The van der Waals surface area contributed by atoms with Crippen molar-refractivity contribution in [2.24, 2.45) is 0 Å². The molecule has 0 saturated carbocycles. The summed E-state index contributed by atoms with van der Waals surface area (Å²) in [4.78, 5) is 21.5. The van der Waals surface area contributed by atoms with Crippen LogP contribution in [0.4, 0.5) is 17.1 Å². The summed E-state index contributed by atoms with van der Waals surface area (Å²) >= 11 is 0. The zero-order valence-corrected chi connectivity index (χ0v) is 7.91. The fraction of sp³-hybridized carbons (Fsp3) is 0.143. The Morgan fingerprint density at radius 3 is 2.12 bits per heavy atom. The molecule has 0 bridgehead atoms. The van der Waals surface area contributed by atoms with Gasteiger partial charge in [-0.1, -0.05) is 0 Å². The van der Waals surface area contributed by atoms with E-state index < -0.39 is 32.7 Å². The Bertz CT molecular complexity index is 494. The highest BCUT2D eigenvalue weighted by Gasteiger charge is 2.30. The summed E-state index contributed by atoms with van der Waals surface area (Å²) in [6.07, 6.45) is 0. The molecule has 0 spiro atoms. The van der Waals surface area contributed by atoms with Crippen molar-refractivity contribution in [3.05, 3.63) is 36.8 Å². The molecule has 0 unspecified atom stereocenters. The van der Waals surface area contributed by atoms with E-state index in [2.05, 4.69) is 4.98 Å². The van der Waals surface area contributed by atoms with Crippen LogP contribution in [0.5, 0.6) is 5.75 Å². The fourth-order valence-electron chi connectivity index (χ4n) is 1.16. The zero-order valence-electron chi connectivity index (χ0n) is 7.91. The van der Waals surface area contributed by atoms with Crippen LogP contribution in [-0.2, 0) is 0 Å². The Balaban J connectivity index is 3.71. The van der Waals surface area contributed by atoms with Gasteiger partial charge < -0.3 is 5.11 Å². The number of nitro benzene ring substituents is 2. The van der Waals surface area contributed by atoms with E-state index in [1.165, 1.54) is 0 Å². The van der Waals surface area contributed by atoms with E-state index >= 15 is 0 Å². The molecular formula is C7H4N4O5. The summed E-state index contributed by atoms with van der Waals surface area (Å²) in [6, 6.07) is 0.548. The standard InChI is InChI=1S/C7H4N4O5/c1-3-4(10(13)14)2-5(11(15)16)7(12)6(3)9-8/h2H,1H3. The number of diazo groups is 1. The molecule has 1 aromatic carbocycles. The molecule has 0 amide bonds. The van der Waals surface area contributed by atoms with Crippen molar-refractivity contribution in [3.8, 4) is 5.75 Å². The molecule has 1 aromatic rings. The minimum Gasteiger partial charge on any atom is -0.862 e. The molecule has 9 heteroatoms. The Morgan fingerprint density at radius 2 is 1.75 bits per heavy atom. The maximum absolute atomic E-state index is 11.3. The summed E-state index contributed by atoms with van der Waals surface area (Å²) in [5.74, 6) is -1.16. The molecule has 0 aliphatic heterocycles. The van der Waals surface area contributed by atoms with E-state index in [4.69, 9.17) is 5.39 Å². The van der Waals surface area contributed by atoms with Crippen molar-refractivity contribution in [2.75, 3.05) is 0 Å². The van der Waals surface area contributed by atoms with Gasteiger partial charge in [-0.15, -0.1) is 0 Å². The van der Waals surface area contributed by atoms with E-state index in [9.17, 15) is 25.3 Å². The van der Waals surface area contributed by atoms with Crippen LogP contribution in [0.3, 0.4) is 0 Å². The smallest absolute Gasteiger partial charge is 0.394 e. The first-order valence-corrected chi connectivity index (χ1v) is 3.88. The molecule has 0 N–H and O–H groups in total. The highest BCUT2D eigenvalue weighted by Crippen LogP contribution is 2.41. The summed E-state index contributed by atoms with van der Waals surface area (Å²) in [6.45, 7) is 1.16. The van der Waals surface area contributed by atoms with Crippen molar-refractivity contribution >= 4 is 17.1 Å². The number of hydrogen-bond acceptors (Lipinski definition) is 6. The van der Waals surface area contributed by atoms with Gasteiger partial charge in [0.15, 0.2) is 4.98 Å². The van der Waals surface area contributed by atoms with Crippen molar-refractivity contribution in [3.63, 3.8) is 0 Å². The summed E-state index contributed by atoms with van der Waals surface area (Å²) in [5.41, 5.74) is -2.55. The Labute approximate surface area is 87.9 Å². The second-order valence-corrected chi connectivity index (χ2v) is 2.83. The molecule has 0 atom stereocenters. The van der Waals surface area contributed by atoms with E-state index in [0.717, 1.165) is 6.92 Å². The molecule has 0 saturated heterocycles. The number of nitrogens with zero attached hydrogens (tertiary/aromatic N) is 4. The third-order valence-electron chi connectivity index (χ3n) is 1.95. The third kappa shape index (κ3) is 1.59. The predicted octanol–water partition coefficient (Wildman–Crippen LogP) is 1.37. The number of nitro groups is 2. The number of hydrogen-bond donors (Lipinski definition) is 0. The molecule has 0 aromatic heterocycles. The van der Waals surface area contributed by atoms with E-state index in [-0.39, 0.29) is 5.56 Å². The normalized spacial score (nSPS) is 9.50. The van der Waals surface area contributed by atoms with Crippen molar-refractivity contribution in [1.82, 2.24) is 0 Å². The molecule has 0 aliphatic rings. The Morgan fingerprint density at radius 1 is 1.25 bits per heavy atom. The highest BCUT2D eigenvalue weighted by atomic mass is 16.6. The highest BCUT2D eigenvalue weighted by molar-refractivity contribution is 5.75. The molecule has 0 heterocycles. The zero-order chi connectivity index (χ0) is 12.5. The minimum atomic E-state index is -1.16. The topological polar surface area (TPSA) is 137 Å². The number of rotatable bonds is 2. The van der Waals surface area contributed by atoms with Gasteiger partial charge in [-0.25, -0.2) is 0 Å². The molecular weight excluding hydrogens is 220 g/mol. The molecule has 16 heavy (non-hydrogen) atoms. The van der Waals surface area contributed by atoms with Crippen LogP contribution < -0.4 is 5.11 Å². The van der Waals surface area contributed by atoms with E-state index in [1.807, 2.05) is 0 Å². The lowest BCUT2D eigenvalue weighted by Crippen LogP contribution is -2.02. The van der Waals surface area contributed by atoms with Gasteiger partial charge in [0.1, 0.15) is 5.56 Å². The van der Waals surface area contributed by atoms with Crippen LogP contribution >= 0.6 is 0 Å². The van der Waals surface area contributed by atoms with Gasteiger partial charge in [0, 0.05) is 0 Å². The predicted molar refractivity (Wildman–Crippen MR) is 48.7 cm³/mol. The first kappa shape index (κ1) is 11.3. The largest absolute Gasteiger partial charge is 0.862 e. The lowest BCUT2D eigenvalue weighted by Gasteiger charge is -2.04. The van der Waals surface area contributed by atoms with Gasteiger partial charge in [-0.2, -0.15) is 0 Å². The first-order chi connectivity index (χ1) is 7.40. The Kier molecular flexibility index (Phi) is 2.67. The maximum atomic E-state index is 11.3. The van der Waals surface area contributed by atoms with Crippen LogP contribution in [0.15, 0.2) is 6.07 Å². The lowest BCUT2D eigenvalue weighted by molar-refractivity contribution is -0.403. The van der Waals surface area contributed by atoms with Crippen LogP contribution in [0.1, 0.15) is 5.56 Å². The summed E-state index contributed by atoms with van der Waals surface area (Å²) < 4.78 is 0. The van der Waals surface area contributed by atoms with E-state index in [0.29, 0.717) is 6.07 Å². The second kappa shape index (κ2) is 3.77. The molecule has 82 valence electrons. The van der Waals surface area contributed by atoms with Crippen molar-refractivity contribution in [1.29, 1.82) is 5.39 Å². The van der Waals surface area contributed by atoms with Gasteiger partial charge in [-0.3, -0.25) is 20.2 Å². The summed E-state index contributed by atoms with van der Waals surface area (Å²) in [7, 11) is 0. The monoisotopic (exact) mass is 224 g/mol. The molecule has 9 nitrogen and oxygen atoms in total. The Hall–Kier alpha value is -2.76. The third-order valence-corrected chi connectivity index (χ3v) is 1.95. The van der Waals surface area contributed by atoms with Crippen LogP contribution in [0.25, 0.3) is 4.98 Å². The molecule has 0 aliphatic carbocycles. The molecule has 0 fully saturated rings. The second-order valence-electron chi connectivity index (χ2n) is 2.83. The SMILES string of the molecule is Cc1c([N+](=O)[O-])cc([N+](=O)[O-])c([O-])c1[N+]#N.